The molecule has 16 heavy (non-hydrogen) atoms. The van der Waals surface area contributed by atoms with Crippen molar-refractivity contribution >= 4 is 11.7 Å². The third-order valence-corrected chi connectivity index (χ3v) is 2.80. The fourth-order valence-electron chi connectivity index (χ4n) is 1.97. The van der Waals surface area contributed by atoms with Crippen molar-refractivity contribution in [3.8, 4) is 0 Å². The Morgan fingerprint density at radius 1 is 1.44 bits per heavy atom. The van der Waals surface area contributed by atoms with Crippen LogP contribution in [0.25, 0.3) is 0 Å². The van der Waals surface area contributed by atoms with Crippen molar-refractivity contribution in [3.05, 3.63) is 23.4 Å². The second kappa shape index (κ2) is 4.38. The summed E-state index contributed by atoms with van der Waals surface area (Å²) in [4.78, 5) is 6.66. The highest BCUT2D eigenvalue weighted by Gasteiger charge is 2.19. The first-order valence-electron chi connectivity index (χ1n) is 5.43. The molecule has 0 saturated carbocycles. The zero-order valence-electron chi connectivity index (χ0n) is 9.35. The van der Waals surface area contributed by atoms with Crippen LogP contribution in [-0.2, 0) is 0 Å². The quantitative estimate of drug-likeness (QED) is 0.338. The number of aryl methyl sites for hydroxylation is 1. The number of hydrogen-bond donors (Lipinski definition) is 2. The summed E-state index contributed by atoms with van der Waals surface area (Å²) in [6, 6.07) is 3.72. The number of nitrogens with two attached hydrogens (primary N) is 1. The van der Waals surface area contributed by atoms with Crippen LogP contribution in [-0.4, -0.2) is 29.1 Å². The number of nitrogens with zero attached hydrogens (tertiary/aromatic N) is 3. The molecule has 1 aromatic rings. The van der Waals surface area contributed by atoms with Crippen molar-refractivity contribution < 1.29 is 5.21 Å². The first-order valence-corrected chi connectivity index (χ1v) is 5.43. The fraction of sp³-hybridized carbons (Fsp3) is 0.455. The van der Waals surface area contributed by atoms with Crippen molar-refractivity contribution in [3.63, 3.8) is 0 Å². The molecule has 1 aromatic heterocycles. The van der Waals surface area contributed by atoms with Crippen LogP contribution >= 0.6 is 0 Å². The molecule has 5 nitrogen and oxygen atoms in total. The maximum atomic E-state index is 8.74. The molecule has 1 saturated heterocycles. The van der Waals surface area contributed by atoms with Gasteiger partial charge in [0.2, 0.25) is 0 Å². The molecule has 3 N–H and O–H groups in total. The molecule has 0 amide bonds. The molecule has 0 spiro atoms. The minimum Gasteiger partial charge on any atom is -0.409 e. The van der Waals surface area contributed by atoms with Crippen molar-refractivity contribution in [1.82, 2.24) is 4.98 Å². The topological polar surface area (TPSA) is 74.7 Å². The van der Waals surface area contributed by atoms with Crippen molar-refractivity contribution in [2.75, 3.05) is 18.0 Å². The number of oxime groups is 1. The predicted octanol–water partition coefficient (Wildman–Crippen LogP) is 1.08. The normalized spacial score (nSPS) is 16.8. The van der Waals surface area contributed by atoms with Gasteiger partial charge in [-0.25, -0.2) is 4.98 Å². The van der Waals surface area contributed by atoms with Crippen LogP contribution in [0.4, 0.5) is 5.82 Å². The summed E-state index contributed by atoms with van der Waals surface area (Å²) in [7, 11) is 0. The number of rotatable bonds is 2. The smallest absolute Gasteiger partial charge is 0.173 e. The van der Waals surface area contributed by atoms with E-state index in [4.69, 9.17) is 10.9 Å². The van der Waals surface area contributed by atoms with E-state index in [9.17, 15) is 0 Å². The Labute approximate surface area is 94.6 Å². The number of aromatic nitrogens is 1. The van der Waals surface area contributed by atoms with Gasteiger partial charge in [0.05, 0.1) is 5.56 Å². The molecule has 0 atom stereocenters. The molecule has 0 bridgehead atoms. The average Bonchev–Trinajstić information content (AvgIpc) is 2.81. The number of hydrogen-bond acceptors (Lipinski definition) is 4. The molecule has 1 fully saturated rings. The lowest BCUT2D eigenvalue weighted by atomic mass is 10.2. The summed E-state index contributed by atoms with van der Waals surface area (Å²) in [5.74, 6) is 0.946. The van der Waals surface area contributed by atoms with Crippen molar-refractivity contribution in [1.29, 1.82) is 0 Å². The van der Waals surface area contributed by atoms with Gasteiger partial charge in [-0.2, -0.15) is 0 Å². The van der Waals surface area contributed by atoms with Gasteiger partial charge in [0, 0.05) is 18.8 Å². The van der Waals surface area contributed by atoms with E-state index in [-0.39, 0.29) is 5.84 Å². The lowest BCUT2D eigenvalue weighted by molar-refractivity contribution is 0.318. The number of amidine groups is 1. The summed E-state index contributed by atoms with van der Waals surface area (Å²) in [5, 5.41) is 11.8. The Morgan fingerprint density at radius 3 is 2.75 bits per heavy atom. The average molecular weight is 220 g/mol. The minimum atomic E-state index is 0.120. The molecule has 1 aliphatic rings. The fourth-order valence-corrected chi connectivity index (χ4v) is 1.97. The molecular weight excluding hydrogens is 204 g/mol. The SMILES string of the molecule is Cc1ccc(C(N)=NO)c(N2CCCC2)n1. The van der Waals surface area contributed by atoms with E-state index in [2.05, 4.69) is 15.0 Å². The van der Waals surface area contributed by atoms with Gasteiger partial charge in [0.25, 0.3) is 0 Å². The number of anilines is 1. The first-order chi connectivity index (χ1) is 7.72. The van der Waals surface area contributed by atoms with E-state index in [1.807, 2.05) is 19.1 Å². The van der Waals surface area contributed by atoms with Crippen LogP contribution in [0.2, 0.25) is 0 Å². The second-order valence-corrected chi connectivity index (χ2v) is 4.00. The highest BCUT2D eigenvalue weighted by molar-refractivity contribution is 6.01. The van der Waals surface area contributed by atoms with Crippen LogP contribution in [0.1, 0.15) is 24.1 Å². The maximum Gasteiger partial charge on any atom is 0.173 e. The van der Waals surface area contributed by atoms with E-state index in [1.165, 1.54) is 12.8 Å². The summed E-state index contributed by atoms with van der Waals surface area (Å²) < 4.78 is 0. The molecule has 1 aliphatic heterocycles. The van der Waals surface area contributed by atoms with Crippen LogP contribution in [0.15, 0.2) is 17.3 Å². The molecule has 5 heteroatoms. The van der Waals surface area contributed by atoms with Gasteiger partial charge in [-0.15, -0.1) is 0 Å². The van der Waals surface area contributed by atoms with E-state index in [1.54, 1.807) is 0 Å². The summed E-state index contributed by atoms with van der Waals surface area (Å²) in [6.07, 6.45) is 2.34. The zero-order valence-corrected chi connectivity index (χ0v) is 9.35. The molecule has 2 heterocycles. The molecule has 0 radical (unpaired) electrons. The Balaban J connectivity index is 2.43. The Bertz CT molecular complexity index is 410. The van der Waals surface area contributed by atoms with Gasteiger partial charge in [-0.05, 0) is 31.9 Å². The van der Waals surface area contributed by atoms with Crippen LogP contribution in [0.5, 0.6) is 0 Å². The van der Waals surface area contributed by atoms with Gasteiger partial charge in [-0.3, -0.25) is 0 Å². The van der Waals surface area contributed by atoms with Gasteiger partial charge < -0.3 is 15.8 Å². The largest absolute Gasteiger partial charge is 0.409 e. The summed E-state index contributed by atoms with van der Waals surface area (Å²) >= 11 is 0. The monoisotopic (exact) mass is 220 g/mol. The van der Waals surface area contributed by atoms with Gasteiger partial charge in [0.15, 0.2) is 5.84 Å². The summed E-state index contributed by atoms with van der Waals surface area (Å²) in [5.41, 5.74) is 7.29. The second-order valence-electron chi connectivity index (χ2n) is 4.00. The van der Waals surface area contributed by atoms with Crippen LogP contribution in [0, 0.1) is 6.92 Å². The molecule has 2 rings (SSSR count). The van der Waals surface area contributed by atoms with Crippen molar-refractivity contribution in [2.24, 2.45) is 10.9 Å². The predicted molar refractivity (Wildman–Crippen MR) is 62.9 cm³/mol. The first kappa shape index (κ1) is 10.7. The molecule has 0 unspecified atom stereocenters. The summed E-state index contributed by atoms with van der Waals surface area (Å²) in [6.45, 7) is 3.92. The van der Waals surface area contributed by atoms with E-state index < -0.39 is 0 Å². The van der Waals surface area contributed by atoms with Gasteiger partial charge in [-0.1, -0.05) is 5.16 Å². The molecule has 0 aromatic carbocycles. The van der Waals surface area contributed by atoms with Crippen molar-refractivity contribution in [2.45, 2.75) is 19.8 Å². The van der Waals surface area contributed by atoms with E-state index >= 15 is 0 Å². The maximum absolute atomic E-state index is 8.74. The molecule has 0 aliphatic carbocycles. The third kappa shape index (κ3) is 1.93. The van der Waals surface area contributed by atoms with E-state index in [0.29, 0.717) is 5.56 Å². The van der Waals surface area contributed by atoms with Crippen LogP contribution in [0.3, 0.4) is 0 Å². The Kier molecular flexibility index (Phi) is 2.94. The van der Waals surface area contributed by atoms with E-state index in [0.717, 1.165) is 24.6 Å². The van der Waals surface area contributed by atoms with Gasteiger partial charge >= 0.3 is 0 Å². The Hall–Kier alpha value is -1.78. The van der Waals surface area contributed by atoms with Gasteiger partial charge in [0.1, 0.15) is 5.82 Å². The lowest BCUT2D eigenvalue weighted by Gasteiger charge is -2.19. The Morgan fingerprint density at radius 2 is 2.12 bits per heavy atom. The number of pyridine rings is 1. The molecular formula is C11H16N4O. The third-order valence-electron chi connectivity index (χ3n) is 2.80. The zero-order chi connectivity index (χ0) is 11.5. The van der Waals surface area contributed by atoms with Crippen LogP contribution < -0.4 is 10.6 Å². The standard InChI is InChI=1S/C11H16N4O/c1-8-4-5-9(10(12)14-16)11(13-8)15-6-2-3-7-15/h4-5,16H,2-3,6-7H2,1H3,(H2,12,14). The minimum absolute atomic E-state index is 0.120. The highest BCUT2D eigenvalue weighted by Crippen LogP contribution is 2.22. The lowest BCUT2D eigenvalue weighted by Crippen LogP contribution is -2.25. The molecule has 86 valence electrons. The highest BCUT2D eigenvalue weighted by atomic mass is 16.4.